The number of nitrogens with zero attached hydrogens (tertiary/aromatic N) is 3. The van der Waals surface area contributed by atoms with Gasteiger partial charge in [0.05, 0.1) is 6.54 Å². The Morgan fingerprint density at radius 1 is 1.35 bits per heavy atom. The van der Waals surface area contributed by atoms with Gasteiger partial charge in [0, 0.05) is 42.1 Å². The summed E-state index contributed by atoms with van der Waals surface area (Å²) in [7, 11) is 2.03. The highest BCUT2D eigenvalue weighted by Crippen LogP contribution is 2.19. The van der Waals surface area contributed by atoms with Crippen molar-refractivity contribution in [3.63, 3.8) is 0 Å². The van der Waals surface area contributed by atoms with Crippen LogP contribution in [-0.2, 0) is 0 Å². The number of hydrogen-bond acceptors (Lipinski definition) is 5. The van der Waals surface area contributed by atoms with Crippen LogP contribution in [0.3, 0.4) is 0 Å². The largest absolute Gasteiger partial charge is 0.495 e. The Hall–Kier alpha value is -2.67. The first-order valence-electron chi connectivity index (χ1n) is 8.66. The van der Waals surface area contributed by atoms with Crippen molar-refractivity contribution in [2.75, 3.05) is 26.7 Å². The third-order valence-corrected chi connectivity index (χ3v) is 4.53. The number of carbonyl (C=O) groups excluding carboxylic acids is 1. The molecule has 2 aromatic heterocycles. The van der Waals surface area contributed by atoms with E-state index in [0.29, 0.717) is 12.1 Å². The van der Waals surface area contributed by atoms with Crippen molar-refractivity contribution in [2.24, 2.45) is 0 Å². The van der Waals surface area contributed by atoms with E-state index in [9.17, 15) is 14.3 Å². The summed E-state index contributed by atoms with van der Waals surface area (Å²) < 4.78 is 14.3. The van der Waals surface area contributed by atoms with Gasteiger partial charge in [-0.2, -0.15) is 0 Å². The Kier molecular flexibility index (Phi) is 5.68. The quantitative estimate of drug-likeness (QED) is 0.808. The van der Waals surface area contributed by atoms with Crippen LogP contribution in [0.4, 0.5) is 4.39 Å². The highest BCUT2D eigenvalue weighted by Gasteiger charge is 2.14. The number of alkyl halides is 1. The van der Waals surface area contributed by atoms with Crippen LogP contribution in [0, 0.1) is 0 Å². The van der Waals surface area contributed by atoms with Crippen LogP contribution < -0.4 is 5.32 Å². The van der Waals surface area contributed by atoms with E-state index in [0.717, 1.165) is 48.9 Å². The Morgan fingerprint density at radius 3 is 2.73 bits per heavy atom. The Bertz CT molecular complexity index is 825. The Balaban J connectivity index is 0.000000206. The van der Waals surface area contributed by atoms with E-state index in [1.807, 2.05) is 30.0 Å². The molecule has 0 unspecified atom stereocenters. The number of carbonyl (C=O) groups is 1. The predicted octanol–water partition coefficient (Wildman–Crippen LogP) is 2.74. The maximum absolute atomic E-state index is 12.3. The summed E-state index contributed by atoms with van der Waals surface area (Å²) in [5, 5.41) is 13.0. The first kappa shape index (κ1) is 18.1. The van der Waals surface area contributed by atoms with Crippen molar-refractivity contribution in [3.8, 4) is 0 Å². The van der Waals surface area contributed by atoms with Crippen LogP contribution in [0.1, 0.15) is 23.2 Å². The summed E-state index contributed by atoms with van der Waals surface area (Å²) in [6, 6.07) is 3.71. The lowest BCUT2D eigenvalue weighted by Crippen LogP contribution is -2.30. The number of aliphatic hydroxyl groups is 1. The van der Waals surface area contributed by atoms with Crippen molar-refractivity contribution in [3.05, 3.63) is 48.1 Å². The van der Waals surface area contributed by atoms with Gasteiger partial charge in [0.1, 0.15) is 11.8 Å². The van der Waals surface area contributed by atoms with Crippen LogP contribution in [0.5, 0.6) is 0 Å². The van der Waals surface area contributed by atoms with E-state index < -0.39 is 6.17 Å². The molecule has 138 valence electrons. The molecule has 2 aliphatic rings. The number of aliphatic hydroxyl groups excluding tert-OH is 1. The highest BCUT2D eigenvalue weighted by molar-refractivity contribution is 5.86. The Morgan fingerprint density at radius 2 is 2.12 bits per heavy atom. The number of likely N-dealkylation sites (tertiary alicyclic amines) is 1. The van der Waals surface area contributed by atoms with Crippen molar-refractivity contribution in [1.29, 1.82) is 0 Å². The third-order valence-electron chi connectivity index (χ3n) is 4.53. The van der Waals surface area contributed by atoms with E-state index in [1.165, 1.54) is 0 Å². The summed E-state index contributed by atoms with van der Waals surface area (Å²) in [6.45, 7) is 2.39. The molecular formula is C19H23FN4O2. The van der Waals surface area contributed by atoms with E-state index in [1.54, 1.807) is 18.3 Å². The summed E-state index contributed by atoms with van der Waals surface area (Å²) in [6.07, 6.45) is 8.61. The lowest BCUT2D eigenvalue weighted by molar-refractivity contribution is 0.112. The molecule has 2 aromatic rings. The number of aldehydes is 1. The minimum atomic E-state index is -0.522. The van der Waals surface area contributed by atoms with Gasteiger partial charge < -0.3 is 19.9 Å². The SMILES string of the molecule is CN1CCC(F)CC1.O=Cc1cnc2c(ccn2C2=CC=C(O)NC2)c1. The highest BCUT2D eigenvalue weighted by atomic mass is 19.1. The molecule has 26 heavy (non-hydrogen) atoms. The minimum Gasteiger partial charge on any atom is -0.495 e. The van der Waals surface area contributed by atoms with E-state index >= 15 is 0 Å². The zero-order chi connectivity index (χ0) is 18.5. The smallest absolute Gasteiger partial charge is 0.184 e. The van der Waals surface area contributed by atoms with Gasteiger partial charge in [0.15, 0.2) is 12.2 Å². The second-order valence-corrected chi connectivity index (χ2v) is 6.53. The van der Waals surface area contributed by atoms with E-state index in [2.05, 4.69) is 15.2 Å². The molecule has 0 bridgehead atoms. The molecule has 6 nitrogen and oxygen atoms in total. The average molecular weight is 358 g/mol. The summed E-state index contributed by atoms with van der Waals surface area (Å²) >= 11 is 0. The molecule has 0 saturated carbocycles. The zero-order valence-electron chi connectivity index (χ0n) is 14.7. The molecule has 0 amide bonds. The van der Waals surface area contributed by atoms with Crippen molar-refractivity contribution >= 4 is 23.0 Å². The van der Waals surface area contributed by atoms with Gasteiger partial charge in [-0.25, -0.2) is 9.37 Å². The molecule has 7 heteroatoms. The van der Waals surface area contributed by atoms with E-state index in [4.69, 9.17) is 0 Å². The molecule has 2 N–H and O–H groups in total. The minimum absolute atomic E-state index is 0.159. The number of halogens is 1. The molecule has 4 rings (SSSR count). The number of fused-ring (bicyclic) bond motifs is 1. The normalized spacial score (nSPS) is 18.4. The summed E-state index contributed by atoms with van der Waals surface area (Å²) in [4.78, 5) is 17.1. The van der Waals surface area contributed by atoms with Gasteiger partial charge in [-0.1, -0.05) is 0 Å². The van der Waals surface area contributed by atoms with Crippen LogP contribution in [0.2, 0.25) is 0 Å². The van der Waals surface area contributed by atoms with Crippen molar-refractivity contribution in [1.82, 2.24) is 19.8 Å². The number of dihydropyridines is 1. The Labute approximate surface area is 151 Å². The van der Waals surface area contributed by atoms with Crippen LogP contribution in [0.25, 0.3) is 16.7 Å². The van der Waals surface area contributed by atoms with Gasteiger partial charge in [-0.3, -0.25) is 4.79 Å². The molecule has 0 aliphatic carbocycles. The van der Waals surface area contributed by atoms with Gasteiger partial charge in [0.25, 0.3) is 0 Å². The molecule has 0 atom stereocenters. The molecule has 0 radical (unpaired) electrons. The molecule has 1 saturated heterocycles. The van der Waals surface area contributed by atoms with Gasteiger partial charge in [-0.05, 0) is 44.2 Å². The number of hydrogen-bond donors (Lipinski definition) is 2. The van der Waals surface area contributed by atoms with Crippen LogP contribution in [0.15, 0.2) is 42.6 Å². The fraction of sp³-hybridized carbons (Fsp3) is 0.368. The average Bonchev–Trinajstić information content (AvgIpc) is 3.08. The first-order valence-corrected chi connectivity index (χ1v) is 8.66. The number of nitrogens with one attached hydrogen (secondary N) is 1. The van der Waals surface area contributed by atoms with Crippen molar-refractivity contribution < 1.29 is 14.3 Å². The third kappa shape index (κ3) is 4.29. The number of rotatable bonds is 2. The van der Waals surface area contributed by atoms with Gasteiger partial charge in [-0.15, -0.1) is 0 Å². The van der Waals surface area contributed by atoms with Gasteiger partial charge >= 0.3 is 0 Å². The number of piperidine rings is 1. The number of pyridine rings is 1. The maximum Gasteiger partial charge on any atom is 0.184 e. The maximum atomic E-state index is 12.3. The number of allylic oxidation sites excluding steroid dienone is 2. The lowest BCUT2D eigenvalue weighted by Gasteiger charge is -2.23. The second-order valence-electron chi connectivity index (χ2n) is 6.53. The topological polar surface area (TPSA) is 70.4 Å². The van der Waals surface area contributed by atoms with Gasteiger partial charge in [0.2, 0.25) is 0 Å². The lowest BCUT2D eigenvalue weighted by atomic mass is 10.1. The number of aromatic nitrogens is 2. The summed E-state index contributed by atoms with van der Waals surface area (Å²) in [5.41, 5.74) is 2.34. The molecule has 0 spiro atoms. The molecule has 0 aromatic carbocycles. The molecular weight excluding hydrogens is 335 g/mol. The van der Waals surface area contributed by atoms with Crippen molar-refractivity contribution in [2.45, 2.75) is 19.0 Å². The first-order chi connectivity index (χ1) is 12.6. The molecule has 4 heterocycles. The van der Waals surface area contributed by atoms with Crippen LogP contribution >= 0.6 is 0 Å². The predicted molar refractivity (Wildman–Crippen MR) is 99.7 cm³/mol. The molecule has 1 fully saturated rings. The fourth-order valence-electron chi connectivity index (χ4n) is 2.95. The summed E-state index contributed by atoms with van der Waals surface area (Å²) in [5.74, 6) is 0.159. The molecule has 2 aliphatic heterocycles. The zero-order valence-corrected chi connectivity index (χ0v) is 14.7. The second kappa shape index (κ2) is 8.14. The fourth-order valence-corrected chi connectivity index (χ4v) is 2.95. The standard InChI is InChI=1S/C13H11N3O2.C6H12FN/c17-8-9-5-10-3-4-16(13(10)15-6-9)11-1-2-12(18)14-7-11;1-8-4-2-6(7)3-5-8/h1-6,8,14,18H,7H2;6H,2-5H2,1H3. The monoisotopic (exact) mass is 358 g/mol. The van der Waals surface area contributed by atoms with Crippen LogP contribution in [-0.4, -0.2) is 58.7 Å². The van der Waals surface area contributed by atoms with E-state index in [-0.39, 0.29) is 5.88 Å².